The molecule has 1 aliphatic heterocycles. The number of amides is 1. The summed E-state index contributed by atoms with van der Waals surface area (Å²) in [5, 5.41) is 11.4. The van der Waals surface area contributed by atoms with Crippen molar-refractivity contribution in [3.05, 3.63) is 47.2 Å². The largest absolute Gasteiger partial charge is 0.361 e. The van der Waals surface area contributed by atoms with E-state index in [1.807, 2.05) is 22.9 Å². The number of nitrogens with zero attached hydrogens (tertiary/aromatic N) is 2. The molecule has 5 nitrogen and oxygen atoms in total. The molecule has 1 atom stereocenters. The first-order chi connectivity index (χ1) is 11.8. The molecule has 24 heavy (non-hydrogen) atoms. The van der Waals surface area contributed by atoms with Gasteiger partial charge in [0.25, 0.3) is 5.91 Å². The van der Waals surface area contributed by atoms with Crippen molar-refractivity contribution >= 4 is 11.7 Å². The minimum atomic E-state index is 0.0289. The van der Waals surface area contributed by atoms with Crippen LogP contribution < -0.4 is 10.6 Å². The molecule has 1 saturated carbocycles. The number of hydrogen-bond acceptors (Lipinski definition) is 3. The van der Waals surface area contributed by atoms with Gasteiger partial charge in [-0.05, 0) is 24.8 Å². The Bertz CT molecular complexity index is 731. The van der Waals surface area contributed by atoms with Crippen LogP contribution >= 0.6 is 0 Å². The molecule has 0 bridgehead atoms. The van der Waals surface area contributed by atoms with Gasteiger partial charge in [-0.1, -0.05) is 50.1 Å². The summed E-state index contributed by atoms with van der Waals surface area (Å²) in [6, 6.07) is 10.8. The van der Waals surface area contributed by atoms with Crippen LogP contribution in [0.15, 0.2) is 30.3 Å². The fourth-order valence-electron chi connectivity index (χ4n) is 3.86. The number of hydrogen-bond donors (Lipinski definition) is 2. The lowest BCUT2D eigenvalue weighted by Crippen LogP contribution is -2.33. The number of benzene rings is 1. The minimum absolute atomic E-state index is 0.0289. The van der Waals surface area contributed by atoms with Crippen LogP contribution in [0.4, 0.5) is 5.82 Å². The van der Waals surface area contributed by atoms with E-state index < -0.39 is 0 Å². The van der Waals surface area contributed by atoms with Gasteiger partial charge in [-0.25, -0.2) is 4.68 Å². The molecule has 1 aromatic carbocycles. The molecule has 2 aromatic rings. The molecule has 1 aliphatic carbocycles. The van der Waals surface area contributed by atoms with E-state index in [4.69, 9.17) is 0 Å². The second-order valence-electron chi connectivity index (χ2n) is 6.77. The van der Waals surface area contributed by atoms with Crippen LogP contribution in [0.1, 0.15) is 60.3 Å². The molecule has 2 aliphatic rings. The van der Waals surface area contributed by atoms with E-state index in [1.54, 1.807) is 0 Å². The maximum Gasteiger partial charge on any atom is 0.257 e. The quantitative estimate of drug-likeness (QED) is 0.907. The average molecular weight is 324 g/mol. The van der Waals surface area contributed by atoms with Crippen LogP contribution in [0.3, 0.4) is 0 Å². The monoisotopic (exact) mass is 324 g/mol. The highest BCUT2D eigenvalue weighted by atomic mass is 16.1. The third-order valence-corrected chi connectivity index (χ3v) is 5.15. The topological polar surface area (TPSA) is 59.0 Å². The van der Waals surface area contributed by atoms with Gasteiger partial charge in [0.2, 0.25) is 0 Å². The Kier molecular flexibility index (Phi) is 4.00. The van der Waals surface area contributed by atoms with Gasteiger partial charge >= 0.3 is 0 Å². The Morgan fingerprint density at radius 1 is 1.29 bits per heavy atom. The molecule has 2 heterocycles. The number of nitrogens with one attached hydrogen (secondary N) is 2. The predicted molar refractivity (Wildman–Crippen MR) is 94.1 cm³/mol. The summed E-state index contributed by atoms with van der Waals surface area (Å²) in [4.78, 5) is 12.8. The maximum absolute atomic E-state index is 12.8. The van der Waals surface area contributed by atoms with E-state index in [1.165, 1.54) is 18.4 Å². The van der Waals surface area contributed by atoms with Crippen molar-refractivity contribution in [3.8, 4) is 0 Å². The highest BCUT2D eigenvalue weighted by molar-refractivity contribution is 6.00. The van der Waals surface area contributed by atoms with E-state index in [9.17, 15) is 4.79 Å². The molecule has 126 valence electrons. The van der Waals surface area contributed by atoms with Gasteiger partial charge in [0.05, 0.1) is 18.3 Å². The molecule has 0 radical (unpaired) electrons. The summed E-state index contributed by atoms with van der Waals surface area (Å²) in [6.07, 6.45) is 5.39. The van der Waals surface area contributed by atoms with E-state index in [0.29, 0.717) is 6.04 Å². The Morgan fingerprint density at radius 3 is 2.75 bits per heavy atom. The number of fused-ring (bicyclic) bond motifs is 1. The number of rotatable bonds is 4. The van der Waals surface area contributed by atoms with Crippen LogP contribution in [0.2, 0.25) is 0 Å². The van der Waals surface area contributed by atoms with Crippen molar-refractivity contribution in [1.82, 2.24) is 15.1 Å². The Balaban J connectivity index is 1.59. The zero-order valence-corrected chi connectivity index (χ0v) is 14.1. The number of aromatic nitrogens is 2. The van der Waals surface area contributed by atoms with Crippen molar-refractivity contribution in [2.24, 2.45) is 0 Å². The molecule has 2 N–H and O–H groups in total. The molecule has 1 unspecified atom stereocenters. The molecule has 0 spiro atoms. The van der Waals surface area contributed by atoms with Crippen LogP contribution in [0.5, 0.6) is 0 Å². The van der Waals surface area contributed by atoms with Gasteiger partial charge in [-0.2, -0.15) is 5.10 Å². The third kappa shape index (κ3) is 2.68. The van der Waals surface area contributed by atoms with Crippen molar-refractivity contribution in [3.63, 3.8) is 0 Å². The first-order valence-corrected chi connectivity index (χ1v) is 8.98. The van der Waals surface area contributed by atoms with Gasteiger partial charge in [0.1, 0.15) is 11.4 Å². The average Bonchev–Trinajstić information content (AvgIpc) is 3.30. The summed E-state index contributed by atoms with van der Waals surface area (Å²) in [6.45, 7) is 2.82. The fraction of sp³-hybridized carbons (Fsp3) is 0.474. The highest BCUT2D eigenvalue weighted by Crippen LogP contribution is 2.33. The summed E-state index contributed by atoms with van der Waals surface area (Å²) < 4.78 is 1.96. The maximum atomic E-state index is 12.8. The summed E-state index contributed by atoms with van der Waals surface area (Å²) in [7, 11) is 0. The smallest absolute Gasteiger partial charge is 0.257 e. The second kappa shape index (κ2) is 6.30. The van der Waals surface area contributed by atoms with Gasteiger partial charge in [-0.15, -0.1) is 0 Å². The summed E-state index contributed by atoms with van der Waals surface area (Å²) in [5.74, 6) is 0.900. The first-order valence-electron chi connectivity index (χ1n) is 8.98. The van der Waals surface area contributed by atoms with E-state index in [2.05, 4.69) is 34.8 Å². The Morgan fingerprint density at radius 2 is 2.04 bits per heavy atom. The number of anilines is 1. The molecule has 1 amide bonds. The van der Waals surface area contributed by atoms with Crippen molar-refractivity contribution in [2.45, 2.75) is 57.7 Å². The molecule has 1 fully saturated rings. The summed E-state index contributed by atoms with van der Waals surface area (Å²) >= 11 is 0. The third-order valence-electron chi connectivity index (χ3n) is 5.15. The van der Waals surface area contributed by atoms with Crippen molar-refractivity contribution < 1.29 is 4.79 Å². The molecular weight excluding hydrogens is 300 g/mol. The van der Waals surface area contributed by atoms with Crippen molar-refractivity contribution in [1.29, 1.82) is 0 Å². The molecule has 0 saturated heterocycles. The summed E-state index contributed by atoms with van der Waals surface area (Å²) in [5.41, 5.74) is 2.85. The van der Waals surface area contributed by atoms with E-state index in [-0.39, 0.29) is 11.9 Å². The lowest BCUT2D eigenvalue weighted by molar-refractivity contribution is 0.0938. The van der Waals surface area contributed by atoms with Crippen LogP contribution in [0, 0.1) is 0 Å². The Labute approximate surface area is 142 Å². The van der Waals surface area contributed by atoms with Gasteiger partial charge in [-0.3, -0.25) is 4.79 Å². The molecular formula is C19H24N4O. The molecule has 4 rings (SSSR count). The Hall–Kier alpha value is -2.30. The highest BCUT2D eigenvalue weighted by Gasteiger charge is 2.32. The van der Waals surface area contributed by atoms with Gasteiger partial charge in [0, 0.05) is 6.04 Å². The SMILES string of the molecule is CCc1nn2c(c1C(=O)NC1CCCC1)NC(c1ccccc1)C2. The standard InChI is InChI=1S/C19H24N4O/c1-2-15-17(19(24)20-14-10-6-7-11-14)18-21-16(12-23(18)22-15)13-8-4-3-5-9-13/h3-5,8-9,14,16,21H,2,6-7,10-12H2,1H3,(H,20,24). The number of aryl methyl sites for hydroxylation is 1. The number of carbonyl (C=O) groups excluding carboxylic acids is 1. The van der Waals surface area contributed by atoms with E-state index in [0.717, 1.165) is 42.9 Å². The predicted octanol–water partition coefficient (Wildman–Crippen LogP) is 3.28. The van der Waals surface area contributed by atoms with Crippen LogP contribution in [-0.4, -0.2) is 21.7 Å². The zero-order valence-electron chi connectivity index (χ0n) is 14.1. The minimum Gasteiger partial charge on any atom is -0.361 e. The molecule has 5 heteroatoms. The zero-order chi connectivity index (χ0) is 16.5. The molecule has 1 aromatic heterocycles. The van der Waals surface area contributed by atoms with Gasteiger partial charge < -0.3 is 10.6 Å². The second-order valence-corrected chi connectivity index (χ2v) is 6.77. The normalized spacial score (nSPS) is 20.0. The van der Waals surface area contributed by atoms with Crippen molar-refractivity contribution in [2.75, 3.05) is 5.32 Å². The fourth-order valence-corrected chi connectivity index (χ4v) is 3.86. The van der Waals surface area contributed by atoms with Crippen LogP contribution in [-0.2, 0) is 13.0 Å². The van der Waals surface area contributed by atoms with Gasteiger partial charge in [0.15, 0.2) is 0 Å². The number of carbonyl (C=O) groups is 1. The lowest BCUT2D eigenvalue weighted by atomic mass is 10.1. The van der Waals surface area contributed by atoms with E-state index >= 15 is 0 Å². The van der Waals surface area contributed by atoms with Crippen LogP contribution in [0.25, 0.3) is 0 Å². The lowest BCUT2D eigenvalue weighted by Gasteiger charge is -2.14. The first kappa shape index (κ1) is 15.2.